The van der Waals surface area contributed by atoms with Crippen molar-refractivity contribution in [1.82, 2.24) is 4.98 Å². The first-order chi connectivity index (χ1) is 6.20. The molecule has 0 aromatic carbocycles. The number of carbonyl (C=O) groups excluding carboxylic acids is 1. The lowest BCUT2D eigenvalue weighted by atomic mass is 10.1. The summed E-state index contributed by atoms with van der Waals surface area (Å²) in [6, 6.07) is 1.56. The Kier molecular flexibility index (Phi) is 2.55. The molecule has 0 N–H and O–H groups in total. The molecule has 0 saturated heterocycles. The molecule has 66 valence electrons. The van der Waals surface area contributed by atoms with E-state index in [4.69, 9.17) is 5.26 Å². The van der Waals surface area contributed by atoms with Gasteiger partial charge in [0.25, 0.3) is 0 Å². The topological polar surface area (TPSA) is 63.0 Å². The Hall–Kier alpha value is -1.96. The van der Waals surface area contributed by atoms with Crippen LogP contribution in [0.25, 0.3) is 0 Å². The summed E-state index contributed by atoms with van der Waals surface area (Å²) >= 11 is 0. The summed E-state index contributed by atoms with van der Waals surface area (Å²) in [4.78, 5) is 14.4. The van der Waals surface area contributed by atoms with Gasteiger partial charge in [-0.3, -0.25) is 4.98 Å². The second kappa shape index (κ2) is 3.63. The number of rotatable bonds is 1. The van der Waals surface area contributed by atoms with Crippen LogP contribution in [0.2, 0.25) is 0 Å². The molecule has 0 aliphatic heterocycles. The standard InChI is InChI=1S/C8H5FN2O2/c1-13-8(12)6-3-11-4-7(9)5(6)2-10/h3-4H,1H3. The highest BCUT2D eigenvalue weighted by Crippen LogP contribution is 2.11. The first-order valence-corrected chi connectivity index (χ1v) is 3.32. The summed E-state index contributed by atoms with van der Waals surface area (Å²) in [5.74, 6) is -1.60. The highest BCUT2D eigenvalue weighted by Gasteiger charge is 2.15. The maximum atomic E-state index is 12.9. The fourth-order valence-electron chi connectivity index (χ4n) is 0.813. The van der Waals surface area contributed by atoms with Gasteiger partial charge in [0.05, 0.1) is 18.9 Å². The third kappa shape index (κ3) is 1.62. The van der Waals surface area contributed by atoms with Crippen molar-refractivity contribution >= 4 is 5.97 Å². The second-order valence-corrected chi connectivity index (χ2v) is 2.15. The zero-order valence-electron chi connectivity index (χ0n) is 6.74. The molecule has 13 heavy (non-hydrogen) atoms. The van der Waals surface area contributed by atoms with Gasteiger partial charge in [-0.15, -0.1) is 0 Å². The van der Waals surface area contributed by atoms with E-state index in [9.17, 15) is 9.18 Å². The molecule has 1 heterocycles. The van der Waals surface area contributed by atoms with Gasteiger partial charge in [-0.25, -0.2) is 9.18 Å². The van der Waals surface area contributed by atoms with Crippen LogP contribution < -0.4 is 0 Å². The van der Waals surface area contributed by atoms with Gasteiger partial charge in [0.1, 0.15) is 11.6 Å². The zero-order valence-corrected chi connectivity index (χ0v) is 6.74. The molecule has 1 aromatic rings. The van der Waals surface area contributed by atoms with Crippen LogP contribution in [0.4, 0.5) is 4.39 Å². The predicted octanol–water partition coefficient (Wildman–Crippen LogP) is 0.879. The maximum Gasteiger partial charge on any atom is 0.340 e. The number of halogens is 1. The van der Waals surface area contributed by atoms with Gasteiger partial charge in [0, 0.05) is 6.20 Å². The molecular weight excluding hydrogens is 175 g/mol. The first-order valence-electron chi connectivity index (χ1n) is 3.32. The van der Waals surface area contributed by atoms with Crippen molar-refractivity contribution in [3.8, 4) is 6.07 Å². The van der Waals surface area contributed by atoms with Crippen molar-refractivity contribution in [1.29, 1.82) is 5.26 Å². The Morgan fingerprint density at radius 1 is 1.69 bits per heavy atom. The average molecular weight is 180 g/mol. The molecule has 0 unspecified atom stereocenters. The fraction of sp³-hybridized carbons (Fsp3) is 0.125. The number of pyridine rings is 1. The third-order valence-electron chi connectivity index (χ3n) is 1.42. The molecule has 0 fully saturated rings. The second-order valence-electron chi connectivity index (χ2n) is 2.15. The minimum absolute atomic E-state index is 0.162. The summed E-state index contributed by atoms with van der Waals surface area (Å²) in [5, 5.41) is 8.52. The Morgan fingerprint density at radius 3 is 2.92 bits per heavy atom. The number of hydrogen-bond acceptors (Lipinski definition) is 4. The zero-order chi connectivity index (χ0) is 9.84. The van der Waals surface area contributed by atoms with Crippen LogP contribution >= 0.6 is 0 Å². The molecule has 0 atom stereocenters. The van der Waals surface area contributed by atoms with Crippen LogP contribution in [-0.4, -0.2) is 18.1 Å². The number of esters is 1. The van der Waals surface area contributed by atoms with Crippen molar-refractivity contribution < 1.29 is 13.9 Å². The van der Waals surface area contributed by atoms with Gasteiger partial charge in [-0.1, -0.05) is 0 Å². The molecule has 0 amide bonds. The molecule has 0 aliphatic carbocycles. The number of hydrogen-bond donors (Lipinski definition) is 0. The van der Waals surface area contributed by atoms with Crippen LogP contribution in [0.1, 0.15) is 15.9 Å². The summed E-state index contributed by atoms with van der Waals surface area (Å²) in [6.45, 7) is 0. The number of nitrogens with zero attached hydrogens (tertiary/aromatic N) is 2. The monoisotopic (exact) mass is 180 g/mol. The number of ether oxygens (including phenoxy) is 1. The summed E-state index contributed by atoms with van der Waals surface area (Å²) in [5.41, 5.74) is -0.508. The van der Waals surface area contributed by atoms with E-state index in [-0.39, 0.29) is 11.1 Å². The molecule has 0 saturated carbocycles. The lowest BCUT2D eigenvalue weighted by Gasteiger charge is -2.00. The van der Waals surface area contributed by atoms with Crippen LogP contribution in [0, 0.1) is 17.1 Å². The number of carbonyl (C=O) groups is 1. The first kappa shape index (κ1) is 9.13. The Morgan fingerprint density at radius 2 is 2.38 bits per heavy atom. The van der Waals surface area contributed by atoms with Gasteiger partial charge in [-0.2, -0.15) is 5.26 Å². The van der Waals surface area contributed by atoms with E-state index in [0.717, 1.165) is 19.5 Å². The largest absolute Gasteiger partial charge is 0.465 e. The highest BCUT2D eigenvalue weighted by molar-refractivity contribution is 5.91. The maximum absolute atomic E-state index is 12.9. The molecule has 1 rings (SSSR count). The predicted molar refractivity (Wildman–Crippen MR) is 40.2 cm³/mol. The minimum atomic E-state index is -0.828. The van der Waals surface area contributed by atoms with Crippen LogP contribution in [0.5, 0.6) is 0 Å². The van der Waals surface area contributed by atoms with Crippen LogP contribution in [-0.2, 0) is 4.74 Å². The van der Waals surface area contributed by atoms with Crippen molar-refractivity contribution in [2.45, 2.75) is 0 Å². The van der Waals surface area contributed by atoms with Gasteiger partial charge >= 0.3 is 5.97 Å². The third-order valence-corrected chi connectivity index (χ3v) is 1.42. The van der Waals surface area contributed by atoms with E-state index in [1.54, 1.807) is 6.07 Å². The van der Waals surface area contributed by atoms with Crippen LogP contribution in [0.15, 0.2) is 12.4 Å². The molecule has 0 bridgehead atoms. The smallest absolute Gasteiger partial charge is 0.340 e. The Bertz CT molecular complexity index is 384. The Labute approximate surface area is 73.6 Å². The van der Waals surface area contributed by atoms with Gasteiger partial charge < -0.3 is 4.74 Å². The lowest BCUT2D eigenvalue weighted by Crippen LogP contribution is -2.06. The average Bonchev–Trinajstić information content (AvgIpc) is 2.16. The van der Waals surface area contributed by atoms with Crippen molar-refractivity contribution in [3.05, 3.63) is 29.3 Å². The minimum Gasteiger partial charge on any atom is -0.465 e. The molecular formula is C8H5FN2O2. The van der Waals surface area contributed by atoms with Gasteiger partial charge in [0.2, 0.25) is 0 Å². The van der Waals surface area contributed by atoms with Gasteiger partial charge in [0.15, 0.2) is 5.82 Å². The molecule has 4 nitrogen and oxygen atoms in total. The highest BCUT2D eigenvalue weighted by atomic mass is 19.1. The van der Waals surface area contributed by atoms with E-state index < -0.39 is 11.8 Å². The van der Waals surface area contributed by atoms with E-state index in [1.807, 2.05) is 0 Å². The quantitative estimate of drug-likeness (QED) is 0.602. The summed E-state index contributed by atoms with van der Waals surface area (Å²) < 4.78 is 17.2. The number of nitriles is 1. The van der Waals surface area contributed by atoms with E-state index in [1.165, 1.54) is 0 Å². The van der Waals surface area contributed by atoms with E-state index in [0.29, 0.717) is 0 Å². The Balaban J connectivity index is 3.30. The van der Waals surface area contributed by atoms with Crippen molar-refractivity contribution in [2.24, 2.45) is 0 Å². The van der Waals surface area contributed by atoms with E-state index >= 15 is 0 Å². The lowest BCUT2D eigenvalue weighted by molar-refractivity contribution is 0.0599. The number of aromatic nitrogens is 1. The van der Waals surface area contributed by atoms with Gasteiger partial charge in [-0.05, 0) is 0 Å². The molecule has 1 aromatic heterocycles. The van der Waals surface area contributed by atoms with Crippen LogP contribution in [0.3, 0.4) is 0 Å². The van der Waals surface area contributed by atoms with Crippen molar-refractivity contribution in [2.75, 3.05) is 7.11 Å². The SMILES string of the molecule is COC(=O)c1cncc(F)c1C#N. The summed E-state index contributed by atoms with van der Waals surface area (Å²) in [7, 11) is 1.15. The fourth-order valence-corrected chi connectivity index (χ4v) is 0.813. The molecule has 0 radical (unpaired) electrons. The molecule has 0 aliphatic rings. The van der Waals surface area contributed by atoms with Crippen molar-refractivity contribution in [3.63, 3.8) is 0 Å². The molecule has 0 spiro atoms. The van der Waals surface area contributed by atoms with E-state index in [2.05, 4.69) is 9.72 Å². The molecule has 5 heteroatoms. The normalized spacial score (nSPS) is 9.00. The summed E-state index contributed by atoms with van der Waals surface area (Å²) in [6.07, 6.45) is 1.96. The number of methoxy groups -OCH3 is 1.